The molecule has 0 radical (unpaired) electrons. The molecular formula is C11H16BrN3O3S. The maximum absolute atomic E-state index is 12.1. The average Bonchev–Trinajstić information content (AvgIpc) is 2.74. The number of amides is 1. The van der Waals surface area contributed by atoms with Crippen molar-refractivity contribution in [3.05, 3.63) is 22.4 Å². The second kappa shape index (κ2) is 5.64. The lowest BCUT2D eigenvalue weighted by Gasteiger charge is -2.31. The average molecular weight is 350 g/mol. The van der Waals surface area contributed by atoms with Crippen molar-refractivity contribution in [1.29, 1.82) is 0 Å². The van der Waals surface area contributed by atoms with Gasteiger partial charge in [-0.15, -0.1) is 0 Å². The van der Waals surface area contributed by atoms with Crippen LogP contribution in [0, 0.1) is 0 Å². The van der Waals surface area contributed by atoms with E-state index in [9.17, 15) is 13.2 Å². The van der Waals surface area contributed by atoms with Crippen molar-refractivity contribution in [3.63, 3.8) is 0 Å². The molecule has 1 aromatic heterocycles. The molecule has 0 spiro atoms. The van der Waals surface area contributed by atoms with Crippen LogP contribution in [-0.2, 0) is 10.0 Å². The van der Waals surface area contributed by atoms with E-state index in [1.165, 1.54) is 0 Å². The molecule has 0 aliphatic carbocycles. The van der Waals surface area contributed by atoms with E-state index in [1.807, 2.05) is 0 Å². The highest BCUT2D eigenvalue weighted by molar-refractivity contribution is 9.10. The third kappa shape index (κ3) is 4.05. The molecule has 1 aliphatic rings. The van der Waals surface area contributed by atoms with Gasteiger partial charge in [0, 0.05) is 29.8 Å². The molecule has 19 heavy (non-hydrogen) atoms. The van der Waals surface area contributed by atoms with Gasteiger partial charge in [0.25, 0.3) is 5.91 Å². The fourth-order valence-corrected chi connectivity index (χ4v) is 3.35. The van der Waals surface area contributed by atoms with E-state index in [4.69, 9.17) is 0 Å². The minimum atomic E-state index is -3.18. The van der Waals surface area contributed by atoms with Crippen LogP contribution in [0.1, 0.15) is 23.3 Å². The number of nitrogens with one attached hydrogen (secondary N) is 2. The molecule has 1 amide bonds. The highest BCUT2D eigenvalue weighted by Gasteiger charge is 2.25. The van der Waals surface area contributed by atoms with Crippen LogP contribution in [0.4, 0.5) is 0 Å². The number of sulfonamides is 1. The number of nitrogens with zero attached hydrogens (tertiary/aromatic N) is 1. The Hall–Kier alpha value is -0.860. The van der Waals surface area contributed by atoms with Gasteiger partial charge in [-0.3, -0.25) is 4.79 Å². The number of aromatic nitrogens is 1. The summed E-state index contributed by atoms with van der Waals surface area (Å²) >= 11 is 3.29. The first-order valence-corrected chi connectivity index (χ1v) is 8.64. The Labute approximate surface area is 120 Å². The Kier molecular flexibility index (Phi) is 4.32. The maximum atomic E-state index is 12.1. The number of carbonyl (C=O) groups is 1. The third-order valence-corrected chi connectivity index (χ3v) is 4.26. The van der Waals surface area contributed by atoms with E-state index in [1.54, 1.807) is 17.2 Å². The van der Waals surface area contributed by atoms with Gasteiger partial charge >= 0.3 is 0 Å². The van der Waals surface area contributed by atoms with Gasteiger partial charge < -0.3 is 9.88 Å². The SMILES string of the molecule is CS(=O)(=O)NC1CCN(C(=O)c2cc(Br)c[nH]2)CC1. The first kappa shape index (κ1) is 14.5. The Morgan fingerprint density at radius 3 is 2.58 bits per heavy atom. The standard InChI is InChI=1S/C11H16BrN3O3S/c1-19(17,18)14-9-2-4-15(5-3-9)11(16)10-6-8(12)7-13-10/h6-7,9,13-14H,2-5H2,1H3. The number of aromatic amines is 1. The predicted octanol–water partition coefficient (Wildman–Crippen LogP) is 0.931. The molecule has 0 saturated carbocycles. The molecule has 1 aromatic rings. The molecule has 1 fully saturated rings. The number of hydrogen-bond donors (Lipinski definition) is 2. The molecular weight excluding hydrogens is 334 g/mol. The van der Waals surface area contributed by atoms with Gasteiger partial charge in [-0.25, -0.2) is 13.1 Å². The second-order valence-corrected chi connectivity index (χ2v) is 7.38. The molecule has 2 rings (SSSR count). The zero-order chi connectivity index (χ0) is 14.0. The van der Waals surface area contributed by atoms with Gasteiger partial charge in [0.1, 0.15) is 5.69 Å². The largest absolute Gasteiger partial charge is 0.356 e. The Morgan fingerprint density at radius 1 is 1.47 bits per heavy atom. The van der Waals surface area contributed by atoms with Gasteiger partial charge in [-0.1, -0.05) is 0 Å². The van der Waals surface area contributed by atoms with E-state index in [0.717, 1.165) is 10.7 Å². The molecule has 2 heterocycles. The highest BCUT2D eigenvalue weighted by Crippen LogP contribution is 2.16. The summed E-state index contributed by atoms with van der Waals surface area (Å²) in [5.74, 6) is -0.0523. The molecule has 6 nitrogen and oxygen atoms in total. The van der Waals surface area contributed by atoms with Crippen molar-refractivity contribution in [1.82, 2.24) is 14.6 Å². The van der Waals surface area contributed by atoms with Crippen LogP contribution in [0.5, 0.6) is 0 Å². The summed E-state index contributed by atoms with van der Waals surface area (Å²) in [6, 6.07) is 1.66. The van der Waals surface area contributed by atoms with Crippen molar-refractivity contribution in [3.8, 4) is 0 Å². The van der Waals surface area contributed by atoms with Crippen LogP contribution < -0.4 is 4.72 Å². The molecule has 0 bridgehead atoms. The summed E-state index contributed by atoms with van der Waals surface area (Å²) in [6.45, 7) is 1.12. The van der Waals surface area contributed by atoms with E-state index in [-0.39, 0.29) is 11.9 Å². The van der Waals surface area contributed by atoms with E-state index in [0.29, 0.717) is 31.6 Å². The molecule has 106 valence electrons. The fourth-order valence-electron chi connectivity index (χ4n) is 2.16. The number of halogens is 1. The van der Waals surface area contributed by atoms with Gasteiger partial charge in [-0.05, 0) is 34.8 Å². The molecule has 0 atom stereocenters. The van der Waals surface area contributed by atoms with Crippen molar-refractivity contribution in [2.45, 2.75) is 18.9 Å². The number of rotatable bonds is 3. The molecule has 0 unspecified atom stereocenters. The fraction of sp³-hybridized carbons (Fsp3) is 0.545. The summed E-state index contributed by atoms with van der Waals surface area (Å²) in [5.41, 5.74) is 0.543. The summed E-state index contributed by atoms with van der Waals surface area (Å²) in [7, 11) is -3.18. The number of hydrogen-bond acceptors (Lipinski definition) is 3. The van der Waals surface area contributed by atoms with Gasteiger partial charge in [0.15, 0.2) is 0 Å². The number of likely N-dealkylation sites (tertiary alicyclic amines) is 1. The van der Waals surface area contributed by atoms with Crippen molar-refractivity contribution in [2.75, 3.05) is 19.3 Å². The van der Waals surface area contributed by atoms with E-state index >= 15 is 0 Å². The molecule has 0 aromatic carbocycles. The molecule has 1 aliphatic heterocycles. The highest BCUT2D eigenvalue weighted by atomic mass is 79.9. The summed E-state index contributed by atoms with van der Waals surface area (Å²) in [5, 5.41) is 0. The first-order chi connectivity index (χ1) is 8.85. The minimum Gasteiger partial charge on any atom is -0.356 e. The molecule has 8 heteroatoms. The van der Waals surface area contributed by atoms with Gasteiger partial charge in [0.05, 0.1) is 6.26 Å². The number of carbonyl (C=O) groups excluding carboxylic acids is 1. The molecule has 2 N–H and O–H groups in total. The lowest BCUT2D eigenvalue weighted by Crippen LogP contribution is -2.46. The van der Waals surface area contributed by atoms with E-state index in [2.05, 4.69) is 25.6 Å². The van der Waals surface area contributed by atoms with Crippen molar-refractivity contribution in [2.24, 2.45) is 0 Å². The lowest BCUT2D eigenvalue weighted by atomic mass is 10.1. The van der Waals surface area contributed by atoms with Crippen molar-refractivity contribution < 1.29 is 13.2 Å². The second-order valence-electron chi connectivity index (χ2n) is 4.69. The summed E-state index contributed by atoms with van der Waals surface area (Å²) in [4.78, 5) is 16.8. The zero-order valence-electron chi connectivity index (χ0n) is 10.5. The number of H-pyrrole nitrogens is 1. The lowest BCUT2D eigenvalue weighted by molar-refractivity contribution is 0.0706. The first-order valence-electron chi connectivity index (χ1n) is 5.95. The van der Waals surface area contributed by atoms with Gasteiger partial charge in [-0.2, -0.15) is 0 Å². The van der Waals surface area contributed by atoms with Crippen molar-refractivity contribution >= 4 is 31.9 Å². The van der Waals surface area contributed by atoms with Crippen LogP contribution >= 0.6 is 15.9 Å². The Morgan fingerprint density at radius 2 is 2.11 bits per heavy atom. The Balaban J connectivity index is 1.91. The van der Waals surface area contributed by atoms with E-state index < -0.39 is 10.0 Å². The minimum absolute atomic E-state index is 0.0523. The quantitative estimate of drug-likeness (QED) is 0.851. The predicted molar refractivity (Wildman–Crippen MR) is 75.4 cm³/mol. The third-order valence-electron chi connectivity index (χ3n) is 3.04. The van der Waals surface area contributed by atoms with Crippen LogP contribution in [-0.4, -0.2) is 49.6 Å². The monoisotopic (exact) mass is 349 g/mol. The zero-order valence-corrected chi connectivity index (χ0v) is 12.9. The topological polar surface area (TPSA) is 82.3 Å². The molecule has 1 saturated heterocycles. The van der Waals surface area contributed by atoms with Crippen LogP contribution in [0.2, 0.25) is 0 Å². The Bertz CT molecular complexity index is 561. The number of piperidine rings is 1. The summed E-state index contributed by atoms with van der Waals surface area (Å²) < 4.78 is 25.7. The van der Waals surface area contributed by atoms with Crippen LogP contribution in [0.15, 0.2) is 16.7 Å². The van der Waals surface area contributed by atoms with Gasteiger partial charge in [0.2, 0.25) is 10.0 Å². The van der Waals surface area contributed by atoms with Crippen LogP contribution in [0.3, 0.4) is 0 Å². The smallest absolute Gasteiger partial charge is 0.270 e. The maximum Gasteiger partial charge on any atom is 0.270 e. The van der Waals surface area contributed by atoms with Crippen LogP contribution in [0.25, 0.3) is 0 Å². The summed E-state index contributed by atoms with van der Waals surface area (Å²) in [6.07, 6.45) is 4.15. The normalized spacial score (nSPS) is 17.7.